The highest BCUT2D eigenvalue weighted by Crippen LogP contribution is 1.98. The van der Waals surface area contributed by atoms with E-state index in [0.717, 1.165) is 38.0 Å². The molecule has 1 aromatic rings. The monoisotopic (exact) mass is 212 g/mol. The average Bonchev–Trinajstić information content (AvgIpc) is 2.63. The molecular weight excluding hydrogens is 192 g/mol. The van der Waals surface area contributed by atoms with Crippen LogP contribution in [0.2, 0.25) is 0 Å². The van der Waals surface area contributed by atoms with Gasteiger partial charge in [-0.05, 0) is 19.4 Å². The summed E-state index contributed by atoms with van der Waals surface area (Å²) in [6, 6.07) is 0. The van der Waals surface area contributed by atoms with Crippen LogP contribution in [0, 0.1) is 0 Å². The van der Waals surface area contributed by atoms with Gasteiger partial charge in [0.25, 0.3) is 0 Å². The van der Waals surface area contributed by atoms with E-state index in [1.807, 2.05) is 7.05 Å². The molecule has 5 nitrogen and oxygen atoms in total. The Hall–Kier alpha value is -0.940. The lowest BCUT2D eigenvalue weighted by Crippen LogP contribution is -2.16. The Bertz CT molecular complexity index is 262. The third-order valence-electron chi connectivity index (χ3n) is 2.38. The molecule has 0 aliphatic carbocycles. The summed E-state index contributed by atoms with van der Waals surface area (Å²) < 4.78 is 1.78. The molecule has 0 atom stereocenters. The highest BCUT2D eigenvalue weighted by Gasteiger charge is 1.97. The van der Waals surface area contributed by atoms with Crippen LogP contribution < -0.4 is 5.32 Å². The number of aromatic nitrogens is 3. The molecule has 5 heteroatoms. The van der Waals surface area contributed by atoms with Crippen LogP contribution in [0.3, 0.4) is 0 Å². The molecule has 0 radical (unpaired) electrons. The molecule has 0 amide bonds. The molecule has 0 spiro atoms. The zero-order valence-electron chi connectivity index (χ0n) is 9.32. The zero-order valence-corrected chi connectivity index (χ0v) is 9.32. The average molecular weight is 212 g/mol. The first-order chi connectivity index (χ1) is 7.34. The Morgan fingerprint density at radius 2 is 2.13 bits per heavy atom. The fourth-order valence-electron chi connectivity index (χ4n) is 1.40. The highest BCUT2D eigenvalue weighted by molar-refractivity contribution is 4.91. The van der Waals surface area contributed by atoms with E-state index in [1.54, 1.807) is 10.9 Å². The molecule has 0 aromatic carbocycles. The maximum Gasteiger partial charge on any atom is 0.0738 e. The topological polar surface area (TPSA) is 63.0 Å². The van der Waals surface area contributed by atoms with Crippen LogP contribution in [-0.4, -0.2) is 33.3 Å². The number of rotatable bonds is 8. The number of hydrogen-bond acceptors (Lipinski definition) is 4. The van der Waals surface area contributed by atoms with Gasteiger partial charge in [0.15, 0.2) is 0 Å². The van der Waals surface area contributed by atoms with Crippen molar-refractivity contribution < 1.29 is 5.11 Å². The van der Waals surface area contributed by atoms with Gasteiger partial charge in [-0.25, -0.2) is 0 Å². The molecule has 86 valence electrons. The summed E-state index contributed by atoms with van der Waals surface area (Å²) in [5, 5.41) is 19.6. The fraction of sp³-hybridized carbons (Fsp3) is 0.800. The number of aliphatic hydroxyl groups excluding tert-OH is 1. The lowest BCUT2D eigenvalue weighted by molar-refractivity contribution is 0.282. The quantitative estimate of drug-likeness (QED) is 0.614. The van der Waals surface area contributed by atoms with Gasteiger partial charge < -0.3 is 10.4 Å². The third-order valence-corrected chi connectivity index (χ3v) is 2.38. The van der Waals surface area contributed by atoms with Crippen molar-refractivity contribution in [2.45, 2.75) is 32.2 Å². The predicted molar refractivity (Wildman–Crippen MR) is 58.3 cm³/mol. The van der Waals surface area contributed by atoms with E-state index in [9.17, 15) is 0 Å². The number of aliphatic hydroxyl groups is 1. The van der Waals surface area contributed by atoms with Crippen LogP contribution in [0.15, 0.2) is 6.20 Å². The van der Waals surface area contributed by atoms with Gasteiger partial charge in [-0.2, -0.15) is 0 Å². The van der Waals surface area contributed by atoms with E-state index in [4.69, 9.17) is 5.11 Å². The first-order valence-electron chi connectivity index (χ1n) is 5.49. The summed E-state index contributed by atoms with van der Waals surface area (Å²) in [4.78, 5) is 0. The number of nitrogens with one attached hydrogen (secondary N) is 1. The van der Waals surface area contributed by atoms with Crippen molar-refractivity contribution in [3.8, 4) is 0 Å². The molecule has 2 N–H and O–H groups in total. The number of unbranched alkanes of at least 4 members (excludes halogenated alkanes) is 3. The second-order valence-corrected chi connectivity index (χ2v) is 3.66. The van der Waals surface area contributed by atoms with Crippen LogP contribution in [0.1, 0.15) is 31.4 Å². The van der Waals surface area contributed by atoms with Crippen molar-refractivity contribution >= 4 is 0 Å². The van der Waals surface area contributed by atoms with Crippen molar-refractivity contribution in [3.63, 3.8) is 0 Å². The van der Waals surface area contributed by atoms with Crippen molar-refractivity contribution in [2.24, 2.45) is 7.05 Å². The van der Waals surface area contributed by atoms with Crippen LogP contribution in [0.5, 0.6) is 0 Å². The lowest BCUT2D eigenvalue weighted by Gasteiger charge is -2.03. The Balaban J connectivity index is 1.96. The van der Waals surface area contributed by atoms with Gasteiger partial charge in [0, 0.05) is 20.2 Å². The van der Waals surface area contributed by atoms with E-state index in [-0.39, 0.29) is 0 Å². The molecule has 15 heavy (non-hydrogen) atoms. The minimum Gasteiger partial charge on any atom is -0.396 e. The molecule has 0 aliphatic rings. The Morgan fingerprint density at radius 1 is 1.33 bits per heavy atom. The van der Waals surface area contributed by atoms with Crippen molar-refractivity contribution in [3.05, 3.63) is 11.9 Å². The normalized spacial score (nSPS) is 10.8. The van der Waals surface area contributed by atoms with Crippen LogP contribution >= 0.6 is 0 Å². The number of aryl methyl sites for hydroxylation is 1. The van der Waals surface area contributed by atoms with Crippen molar-refractivity contribution in [1.29, 1.82) is 0 Å². The van der Waals surface area contributed by atoms with Crippen molar-refractivity contribution in [1.82, 2.24) is 20.3 Å². The fourth-order valence-corrected chi connectivity index (χ4v) is 1.40. The molecule has 0 unspecified atom stereocenters. The van der Waals surface area contributed by atoms with Gasteiger partial charge >= 0.3 is 0 Å². The van der Waals surface area contributed by atoms with Crippen molar-refractivity contribution in [2.75, 3.05) is 13.2 Å². The molecule has 0 saturated carbocycles. The van der Waals surface area contributed by atoms with Gasteiger partial charge in [0.2, 0.25) is 0 Å². The van der Waals surface area contributed by atoms with Gasteiger partial charge in [-0.3, -0.25) is 4.68 Å². The van der Waals surface area contributed by atoms with E-state index >= 15 is 0 Å². The summed E-state index contributed by atoms with van der Waals surface area (Å²) in [6.07, 6.45) is 6.15. The first-order valence-corrected chi connectivity index (χ1v) is 5.49. The predicted octanol–water partition coefficient (Wildman–Crippen LogP) is 0.457. The molecule has 1 heterocycles. The maximum absolute atomic E-state index is 8.59. The van der Waals surface area contributed by atoms with Gasteiger partial charge in [0.1, 0.15) is 0 Å². The lowest BCUT2D eigenvalue weighted by atomic mass is 10.2. The second kappa shape index (κ2) is 7.36. The minimum atomic E-state index is 0.314. The van der Waals surface area contributed by atoms with E-state index in [0.29, 0.717) is 6.61 Å². The largest absolute Gasteiger partial charge is 0.396 e. The molecule has 0 aliphatic heterocycles. The van der Waals surface area contributed by atoms with E-state index in [2.05, 4.69) is 15.6 Å². The molecule has 1 aromatic heterocycles. The SMILES string of the molecule is Cn1nncc1CNCCCCCCO. The van der Waals surface area contributed by atoms with Gasteiger partial charge in [-0.15, -0.1) is 5.10 Å². The Morgan fingerprint density at radius 3 is 2.80 bits per heavy atom. The first kappa shape index (κ1) is 12.1. The van der Waals surface area contributed by atoms with Crippen LogP contribution in [0.4, 0.5) is 0 Å². The summed E-state index contributed by atoms with van der Waals surface area (Å²) in [5.74, 6) is 0. The van der Waals surface area contributed by atoms with Crippen LogP contribution in [0.25, 0.3) is 0 Å². The Kier molecular flexibility index (Phi) is 5.96. The molecule has 0 fully saturated rings. The summed E-state index contributed by atoms with van der Waals surface area (Å²) in [6.45, 7) is 2.15. The standard InChI is InChI=1S/C10H20N4O/c1-14-10(9-12-13-14)8-11-6-4-2-3-5-7-15/h9,11,15H,2-8H2,1H3. The zero-order chi connectivity index (χ0) is 10.9. The molecular formula is C10H20N4O. The summed E-state index contributed by atoms with van der Waals surface area (Å²) in [7, 11) is 1.89. The van der Waals surface area contributed by atoms with Gasteiger partial charge in [-0.1, -0.05) is 18.1 Å². The summed E-state index contributed by atoms with van der Waals surface area (Å²) in [5.41, 5.74) is 1.10. The maximum atomic E-state index is 8.59. The molecule has 0 saturated heterocycles. The molecule has 0 bridgehead atoms. The third kappa shape index (κ3) is 4.90. The van der Waals surface area contributed by atoms with E-state index in [1.165, 1.54) is 6.42 Å². The van der Waals surface area contributed by atoms with Crippen LogP contribution in [-0.2, 0) is 13.6 Å². The highest BCUT2D eigenvalue weighted by atomic mass is 16.2. The number of nitrogens with zero attached hydrogens (tertiary/aromatic N) is 3. The van der Waals surface area contributed by atoms with Gasteiger partial charge in [0.05, 0.1) is 11.9 Å². The van der Waals surface area contributed by atoms with E-state index < -0.39 is 0 Å². The second-order valence-electron chi connectivity index (χ2n) is 3.66. The Labute approximate surface area is 90.5 Å². The minimum absolute atomic E-state index is 0.314. The summed E-state index contributed by atoms with van der Waals surface area (Å²) >= 11 is 0. The number of hydrogen-bond donors (Lipinski definition) is 2. The molecule has 1 rings (SSSR count). The smallest absolute Gasteiger partial charge is 0.0738 e.